The fraction of sp³-hybridized carbons (Fsp3) is 0.462. The lowest BCUT2D eigenvalue weighted by Gasteiger charge is -2.18. The molecule has 114 valence electrons. The molecule has 0 spiro atoms. The summed E-state index contributed by atoms with van der Waals surface area (Å²) in [7, 11) is 0. The standard InChI is InChI=1S/C13H16BrFN4O2/c1-2-21-13(20)12(17-6-3-7-18-19-16)10-8-9(14)4-5-11(10)15/h4-5,8,12,17H,2-3,6-7H2,1H3. The summed E-state index contributed by atoms with van der Waals surface area (Å²) in [5.74, 6) is -1.03. The number of ether oxygens (including phenoxy) is 1. The first-order valence-electron chi connectivity index (χ1n) is 6.46. The summed E-state index contributed by atoms with van der Waals surface area (Å²) < 4.78 is 19.6. The van der Waals surface area contributed by atoms with Crippen molar-refractivity contribution in [3.05, 3.63) is 44.5 Å². The monoisotopic (exact) mass is 358 g/mol. The van der Waals surface area contributed by atoms with Crippen LogP contribution in [-0.4, -0.2) is 25.7 Å². The Morgan fingerprint density at radius 3 is 3.05 bits per heavy atom. The molecule has 0 bridgehead atoms. The van der Waals surface area contributed by atoms with Crippen molar-refractivity contribution in [1.29, 1.82) is 0 Å². The third kappa shape index (κ3) is 5.71. The summed E-state index contributed by atoms with van der Waals surface area (Å²) in [5.41, 5.74) is 8.40. The summed E-state index contributed by atoms with van der Waals surface area (Å²) >= 11 is 3.25. The Morgan fingerprint density at radius 1 is 1.62 bits per heavy atom. The van der Waals surface area contributed by atoms with E-state index >= 15 is 0 Å². The fourth-order valence-corrected chi connectivity index (χ4v) is 2.10. The number of azide groups is 1. The van der Waals surface area contributed by atoms with Gasteiger partial charge in [-0.2, -0.15) is 0 Å². The largest absolute Gasteiger partial charge is 0.465 e. The molecule has 6 nitrogen and oxygen atoms in total. The molecule has 0 aliphatic heterocycles. The van der Waals surface area contributed by atoms with Crippen LogP contribution < -0.4 is 5.32 Å². The predicted octanol–water partition coefficient (Wildman–Crippen LogP) is 3.48. The minimum atomic E-state index is -0.895. The van der Waals surface area contributed by atoms with Gasteiger partial charge in [-0.1, -0.05) is 21.0 Å². The minimum Gasteiger partial charge on any atom is -0.465 e. The van der Waals surface area contributed by atoms with E-state index in [1.165, 1.54) is 12.1 Å². The predicted molar refractivity (Wildman–Crippen MR) is 80.1 cm³/mol. The molecule has 1 N–H and O–H groups in total. The molecule has 1 rings (SSSR count). The number of carbonyl (C=O) groups is 1. The Labute approximate surface area is 130 Å². The maximum atomic E-state index is 13.9. The highest BCUT2D eigenvalue weighted by molar-refractivity contribution is 9.10. The Bertz CT molecular complexity index is 535. The third-order valence-electron chi connectivity index (χ3n) is 2.64. The van der Waals surface area contributed by atoms with Gasteiger partial charge in [0.15, 0.2) is 0 Å². The van der Waals surface area contributed by atoms with Crippen molar-refractivity contribution in [2.75, 3.05) is 19.7 Å². The Kier molecular flexibility index (Phi) is 7.74. The number of hydrogen-bond donors (Lipinski definition) is 1. The topological polar surface area (TPSA) is 87.1 Å². The van der Waals surface area contributed by atoms with Crippen LogP contribution in [0.3, 0.4) is 0 Å². The number of carbonyl (C=O) groups excluding carboxylic acids is 1. The summed E-state index contributed by atoms with van der Waals surface area (Å²) in [6, 6.07) is 3.49. The number of rotatable bonds is 8. The zero-order chi connectivity index (χ0) is 15.7. The van der Waals surface area contributed by atoms with E-state index in [9.17, 15) is 9.18 Å². The average molecular weight is 359 g/mol. The summed E-state index contributed by atoms with van der Waals surface area (Å²) in [4.78, 5) is 14.6. The van der Waals surface area contributed by atoms with E-state index < -0.39 is 17.8 Å². The number of hydrogen-bond acceptors (Lipinski definition) is 4. The third-order valence-corrected chi connectivity index (χ3v) is 3.13. The van der Waals surface area contributed by atoms with Gasteiger partial charge in [-0.3, -0.25) is 0 Å². The van der Waals surface area contributed by atoms with Crippen molar-refractivity contribution in [3.8, 4) is 0 Å². The van der Waals surface area contributed by atoms with Gasteiger partial charge in [0.25, 0.3) is 0 Å². The highest BCUT2D eigenvalue weighted by atomic mass is 79.9. The second-order valence-corrected chi connectivity index (χ2v) is 5.03. The molecule has 0 heterocycles. The first kappa shape index (κ1) is 17.4. The van der Waals surface area contributed by atoms with Crippen LogP contribution in [0.2, 0.25) is 0 Å². The van der Waals surface area contributed by atoms with E-state index in [-0.39, 0.29) is 12.2 Å². The second-order valence-electron chi connectivity index (χ2n) is 4.11. The highest BCUT2D eigenvalue weighted by Gasteiger charge is 2.24. The van der Waals surface area contributed by atoms with Crippen LogP contribution in [0, 0.1) is 5.82 Å². The molecule has 1 aromatic rings. The molecule has 0 fully saturated rings. The number of nitrogens with one attached hydrogen (secondary N) is 1. The first-order valence-corrected chi connectivity index (χ1v) is 7.25. The molecule has 1 aromatic carbocycles. The fourth-order valence-electron chi connectivity index (χ4n) is 1.72. The van der Waals surface area contributed by atoms with Crippen LogP contribution in [0.1, 0.15) is 24.9 Å². The van der Waals surface area contributed by atoms with E-state index in [4.69, 9.17) is 10.3 Å². The van der Waals surface area contributed by atoms with E-state index in [1.54, 1.807) is 13.0 Å². The van der Waals surface area contributed by atoms with Crippen molar-refractivity contribution < 1.29 is 13.9 Å². The number of nitrogens with zero attached hydrogens (tertiary/aromatic N) is 3. The molecule has 0 aromatic heterocycles. The van der Waals surface area contributed by atoms with Crippen LogP contribution in [0.4, 0.5) is 4.39 Å². The Balaban J connectivity index is 2.83. The van der Waals surface area contributed by atoms with Gasteiger partial charge >= 0.3 is 5.97 Å². The van der Waals surface area contributed by atoms with E-state index in [0.717, 1.165) is 0 Å². The van der Waals surface area contributed by atoms with Crippen LogP contribution >= 0.6 is 15.9 Å². The minimum absolute atomic E-state index is 0.214. The molecule has 1 atom stereocenters. The van der Waals surface area contributed by atoms with Gasteiger partial charge in [-0.25, -0.2) is 9.18 Å². The Hall–Kier alpha value is -1.63. The van der Waals surface area contributed by atoms with Gasteiger partial charge in [-0.05, 0) is 43.6 Å². The molecule has 1 unspecified atom stereocenters. The maximum Gasteiger partial charge on any atom is 0.327 e. The van der Waals surface area contributed by atoms with Crippen molar-refractivity contribution in [2.24, 2.45) is 5.11 Å². The zero-order valence-corrected chi connectivity index (χ0v) is 13.1. The second kappa shape index (κ2) is 9.33. The molecule has 8 heteroatoms. The van der Waals surface area contributed by atoms with Gasteiger partial charge in [0.1, 0.15) is 11.9 Å². The van der Waals surface area contributed by atoms with Crippen LogP contribution in [-0.2, 0) is 9.53 Å². The number of benzene rings is 1. The molecule has 0 aliphatic rings. The molecular formula is C13H16BrFN4O2. The van der Waals surface area contributed by atoms with Gasteiger partial charge < -0.3 is 10.1 Å². The van der Waals surface area contributed by atoms with Gasteiger partial charge in [0, 0.05) is 21.5 Å². The smallest absolute Gasteiger partial charge is 0.327 e. The molecule has 21 heavy (non-hydrogen) atoms. The molecule has 0 saturated carbocycles. The van der Waals surface area contributed by atoms with E-state index in [0.29, 0.717) is 24.0 Å². The van der Waals surface area contributed by atoms with Gasteiger partial charge in [0.05, 0.1) is 6.61 Å². The summed E-state index contributed by atoms with van der Waals surface area (Å²) in [6.45, 7) is 2.60. The lowest BCUT2D eigenvalue weighted by atomic mass is 10.1. The lowest BCUT2D eigenvalue weighted by molar-refractivity contribution is -0.145. The average Bonchev–Trinajstić information content (AvgIpc) is 2.46. The van der Waals surface area contributed by atoms with Crippen molar-refractivity contribution in [1.82, 2.24) is 5.32 Å². The quantitative estimate of drug-likeness (QED) is 0.253. The van der Waals surface area contributed by atoms with Gasteiger partial charge in [-0.15, -0.1) is 0 Å². The molecule has 0 saturated heterocycles. The summed E-state index contributed by atoms with van der Waals surface area (Å²) in [6.07, 6.45) is 0.537. The van der Waals surface area contributed by atoms with Crippen LogP contribution in [0.25, 0.3) is 10.4 Å². The van der Waals surface area contributed by atoms with Crippen LogP contribution in [0.5, 0.6) is 0 Å². The van der Waals surface area contributed by atoms with Crippen molar-refractivity contribution in [2.45, 2.75) is 19.4 Å². The van der Waals surface area contributed by atoms with E-state index in [2.05, 4.69) is 31.3 Å². The maximum absolute atomic E-state index is 13.9. The SMILES string of the molecule is CCOC(=O)C(NCCCN=[N+]=[N-])c1cc(Br)ccc1F. The van der Waals surface area contributed by atoms with Crippen LogP contribution in [0.15, 0.2) is 27.8 Å². The molecule has 0 amide bonds. The van der Waals surface area contributed by atoms with Crippen molar-refractivity contribution >= 4 is 21.9 Å². The molecule has 0 aliphatic carbocycles. The van der Waals surface area contributed by atoms with Gasteiger partial charge in [0.2, 0.25) is 0 Å². The Morgan fingerprint density at radius 2 is 2.38 bits per heavy atom. The number of esters is 1. The first-order chi connectivity index (χ1) is 10.1. The normalized spacial score (nSPS) is 11.6. The highest BCUT2D eigenvalue weighted by Crippen LogP contribution is 2.23. The van der Waals surface area contributed by atoms with Crippen molar-refractivity contribution in [3.63, 3.8) is 0 Å². The molecule has 0 radical (unpaired) electrons. The zero-order valence-electron chi connectivity index (χ0n) is 11.6. The number of halogens is 2. The summed E-state index contributed by atoms with van der Waals surface area (Å²) in [5, 5.41) is 6.33. The van der Waals surface area contributed by atoms with E-state index in [1.807, 2.05) is 0 Å². The lowest BCUT2D eigenvalue weighted by Crippen LogP contribution is -2.32. The molecular weight excluding hydrogens is 343 g/mol.